The lowest BCUT2D eigenvalue weighted by Crippen LogP contribution is -2.30. The highest BCUT2D eigenvalue weighted by molar-refractivity contribution is 5.77. The molecule has 1 heterocycles. The SMILES string of the molecule is COc1cccc(C2CCCN2C(=O)CCc2ccc(OC)c(OC)c2)c1. The van der Waals surface area contributed by atoms with E-state index in [4.69, 9.17) is 14.2 Å². The molecule has 5 heteroatoms. The van der Waals surface area contributed by atoms with E-state index in [2.05, 4.69) is 6.07 Å². The van der Waals surface area contributed by atoms with E-state index in [-0.39, 0.29) is 11.9 Å². The number of likely N-dealkylation sites (tertiary alicyclic amines) is 1. The summed E-state index contributed by atoms with van der Waals surface area (Å²) in [4.78, 5) is 14.9. The highest BCUT2D eigenvalue weighted by atomic mass is 16.5. The third-order valence-electron chi connectivity index (χ3n) is 5.13. The molecule has 0 saturated carbocycles. The van der Waals surface area contributed by atoms with Crippen LogP contribution in [0, 0.1) is 0 Å². The molecule has 1 fully saturated rings. The first kappa shape index (κ1) is 19.1. The molecule has 0 radical (unpaired) electrons. The quantitative estimate of drug-likeness (QED) is 0.740. The van der Waals surface area contributed by atoms with Gasteiger partial charge in [0.1, 0.15) is 5.75 Å². The second-order valence-corrected chi connectivity index (χ2v) is 6.71. The summed E-state index contributed by atoms with van der Waals surface area (Å²) in [5, 5.41) is 0. The Bertz CT molecular complexity index is 790. The second-order valence-electron chi connectivity index (χ2n) is 6.71. The normalized spacial score (nSPS) is 16.3. The van der Waals surface area contributed by atoms with Crippen molar-refractivity contribution in [1.29, 1.82) is 0 Å². The van der Waals surface area contributed by atoms with Gasteiger partial charge in [0.2, 0.25) is 5.91 Å². The van der Waals surface area contributed by atoms with E-state index in [0.717, 1.165) is 36.3 Å². The van der Waals surface area contributed by atoms with E-state index < -0.39 is 0 Å². The number of rotatable bonds is 7. The van der Waals surface area contributed by atoms with Crippen molar-refractivity contribution in [3.05, 3.63) is 53.6 Å². The zero-order valence-electron chi connectivity index (χ0n) is 16.2. The third-order valence-corrected chi connectivity index (χ3v) is 5.13. The van der Waals surface area contributed by atoms with Crippen molar-refractivity contribution in [1.82, 2.24) is 4.90 Å². The minimum Gasteiger partial charge on any atom is -0.497 e. The highest BCUT2D eigenvalue weighted by Crippen LogP contribution is 2.34. The Labute approximate surface area is 160 Å². The lowest BCUT2D eigenvalue weighted by Gasteiger charge is -2.25. The van der Waals surface area contributed by atoms with E-state index in [1.165, 1.54) is 0 Å². The van der Waals surface area contributed by atoms with Crippen LogP contribution in [0.2, 0.25) is 0 Å². The van der Waals surface area contributed by atoms with Gasteiger partial charge in [-0.15, -0.1) is 0 Å². The predicted molar refractivity (Wildman–Crippen MR) is 105 cm³/mol. The fourth-order valence-corrected chi connectivity index (χ4v) is 3.69. The minimum atomic E-state index is 0.137. The first-order chi connectivity index (χ1) is 13.2. The Kier molecular flexibility index (Phi) is 6.22. The number of methoxy groups -OCH3 is 3. The van der Waals surface area contributed by atoms with Crippen molar-refractivity contribution < 1.29 is 19.0 Å². The summed E-state index contributed by atoms with van der Waals surface area (Å²) in [6.07, 6.45) is 3.19. The fourth-order valence-electron chi connectivity index (χ4n) is 3.69. The van der Waals surface area contributed by atoms with Crippen LogP contribution in [0.5, 0.6) is 17.2 Å². The Hall–Kier alpha value is -2.69. The van der Waals surface area contributed by atoms with Gasteiger partial charge in [0, 0.05) is 13.0 Å². The molecule has 1 amide bonds. The van der Waals surface area contributed by atoms with Gasteiger partial charge < -0.3 is 19.1 Å². The molecule has 1 saturated heterocycles. The zero-order valence-corrected chi connectivity index (χ0v) is 16.2. The number of carbonyl (C=O) groups excluding carboxylic acids is 1. The fraction of sp³-hybridized carbons (Fsp3) is 0.409. The maximum atomic E-state index is 12.9. The van der Waals surface area contributed by atoms with Crippen molar-refractivity contribution in [3.8, 4) is 17.2 Å². The summed E-state index contributed by atoms with van der Waals surface area (Å²) < 4.78 is 15.9. The monoisotopic (exact) mass is 369 g/mol. The van der Waals surface area contributed by atoms with Crippen LogP contribution in [-0.2, 0) is 11.2 Å². The Morgan fingerprint density at radius 3 is 2.59 bits per heavy atom. The van der Waals surface area contributed by atoms with Gasteiger partial charge in [-0.1, -0.05) is 18.2 Å². The van der Waals surface area contributed by atoms with E-state index >= 15 is 0 Å². The minimum absolute atomic E-state index is 0.137. The zero-order chi connectivity index (χ0) is 19.2. The Balaban J connectivity index is 1.66. The van der Waals surface area contributed by atoms with Gasteiger partial charge in [0.15, 0.2) is 11.5 Å². The molecule has 2 aromatic carbocycles. The van der Waals surface area contributed by atoms with Crippen LogP contribution in [0.3, 0.4) is 0 Å². The Morgan fingerprint density at radius 2 is 1.85 bits per heavy atom. The molecule has 1 unspecified atom stereocenters. The third kappa shape index (κ3) is 4.35. The van der Waals surface area contributed by atoms with Crippen molar-refractivity contribution >= 4 is 5.91 Å². The topological polar surface area (TPSA) is 48.0 Å². The van der Waals surface area contributed by atoms with Gasteiger partial charge in [-0.25, -0.2) is 0 Å². The predicted octanol–water partition coefficient (Wildman–Crippen LogP) is 4.01. The van der Waals surface area contributed by atoms with E-state index in [1.54, 1.807) is 21.3 Å². The van der Waals surface area contributed by atoms with Crippen molar-refractivity contribution in [3.63, 3.8) is 0 Å². The largest absolute Gasteiger partial charge is 0.497 e. The van der Waals surface area contributed by atoms with Crippen molar-refractivity contribution in [2.24, 2.45) is 0 Å². The van der Waals surface area contributed by atoms with Gasteiger partial charge in [-0.3, -0.25) is 4.79 Å². The average Bonchev–Trinajstić information content (AvgIpc) is 3.21. The molecule has 0 aromatic heterocycles. The molecule has 1 atom stereocenters. The summed E-state index contributed by atoms with van der Waals surface area (Å²) in [6, 6.07) is 14.0. The lowest BCUT2D eigenvalue weighted by atomic mass is 10.0. The summed E-state index contributed by atoms with van der Waals surface area (Å²) >= 11 is 0. The molecular weight excluding hydrogens is 342 g/mol. The molecule has 0 N–H and O–H groups in total. The molecule has 3 rings (SSSR count). The number of hydrogen-bond donors (Lipinski definition) is 0. The van der Waals surface area contributed by atoms with Gasteiger partial charge in [-0.2, -0.15) is 0 Å². The maximum absolute atomic E-state index is 12.9. The molecule has 0 spiro atoms. The van der Waals surface area contributed by atoms with Crippen LogP contribution in [0.4, 0.5) is 0 Å². The van der Waals surface area contributed by atoms with Crippen LogP contribution >= 0.6 is 0 Å². The van der Waals surface area contributed by atoms with Crippen LogP contribution in [0.1, 0.15) is 36.4 Å². The molecule has 144 valence electrons. The number of ether oxygens (including phenoxy) is 3. The van der Waals surface area contributed by atoms with E-state index in [1.807, 2.05) is 41.3 Å². The first-order valence-electron chi connectivity index (χ1n) is 9.30. The van der Waals surface area contributed by atoms with Crippen LogP contribution < -0.4 is 14.2 Å². The summed E-state index contributed by atoms with van der Waals surface area (Å²) in [5.74, 6) is 2.41. The molecule has 0 aliphatic carbocycles. The molecule has 0 bridgehead atoms. The molecule has 1 aliphatic rings. The molecule has 1 aliphatic heterocycles. The molecule has 2 aromatic rings. The highest BCUT2D eigenvalue weighted by Gasteiger charge is 2.29. The summed E-state index contributed by atoms with van der Waals surface area (Å²) in [6.45, 7) is 0.812. The van der Waals surface area contributed by atoms with Gasteiger partial charge in [0.05, 0.1) is 27.4 Å². The second kappa shape index (κ2) is 8.80. The molecule has 5 nitrogen and oxygen atoms in total. The maximum Gasteiger partial charge on any atom is 0.223 e. The van der Waals surface area contributed by atoms with Gasteiger partial charge >= 0.3 is 0 Å². The summed E-state index contributed by atoms with van der Waals surface area (Å²) in [5.41, 5.74) is 2.21. The number of benzene rings is 2. The van der Waals surface area contributed by atoms with Crippen molar-refractivity contribution in [2.75, 3.05) is 27.9 Å². The van der Waals surface area contributed by atoms with Crippen LogP contribution in [0.15, 0.2) is 42.5 Å². The molecule has 27 heavy (non-hydrogen) atoms. The molecular formula is C22H27NO4. The number of aryl methyl sites for hydroxylation is 1. The average molecular weight is 369 g/mol. The number of carbonyl (C=O) groups is 1. The standard InChI is InChI=1S/C22H27NO4/c1-25-18-7-4-6-17(15-18)19-8-5-13-23(19)22(24)12-10-16-9-11-20(26-2)21(14-16)27-3/h4,6-7,9,11,14-15,19H,5,8,10,12-13H2,1-3H3. The van der Waals surface area contributed by atoms with E-state index in [9.17, 15) is 4.79 Å². The smallest absolute Gasteiger partial charge is 0.223 e. The van der Waals surface area contributed by atoms with Crippen LogP contribution in [-0.4, -0.2) is 38.7 Å². The lowest BCUT2D eigenvalue weighted by molar-refractivity contribution is -0.132. The number of nitrogens with zero attached hydrogens (tertiary/aromatic N) is 1. The number of amides is 1. The van der Waals surface area contributed by atoms with Gasteiger partial charge in [0.25, 0.3) is 0 Å². The Morgan fingerprint density at radius 1 is 1.04 bits per heavy atom. The van der Waals surface area contributed by atoms with E-state index in [0.29, 0.717) is 24.3 Å². The number of hydrogen-bond acceptors (Lipinski definition) is 4. The van der Waals surface area contributed by atoms with Crippen molar-refractivity contribution in [2.45, 2.75) is 31.7 Å². The first-order valence-corrected chi connectivity index (χ1v) is 9.30. The van der Waals surface area contributed by atoms with Crippen LogP contribution in [0.25, 0.3) is 0 Å². The summed E-state index contributed by atoms with van der Waals surface area (Å²) in [7, 11) is 4.91. The van der Waals surface area contributed by atoms with Gasteiger partial charge in [-0.05, 0) is 54.7 Å².